The number of aromatic nitrogens is 3. The highest BCUT2D eigenvalue weighted by molar-refractivity contribution is 6.07. The number of carbonyl (C=O) groups is 2. The molecular formula is C17H17N5O2. The molecule has 0 atom stereocenters. The summed E-state index contributed by atoms with van der Waals surface area (Å²) in [5, 5.41) is 4.98. The number of hydrazine groups is 1. The van der Waals surface area contributed by atoms with E-state index in [0.717, 1.165) is 0 Å². The van der Waals surface area contributed by atoms with E-state index in [0.29, 0.717) is 33.5 Å². The van der Waals surface area contributed by atoms with E-state index in [9.17, 15) is 9.59 Å². The number of carbonyl (C=O) groups excluding carboxylic acids is 2. The standard InChI is InChI=1S/C17H17N5O2/c1-10-9-13(14-11(2)21-22(3)15(14)18-10)17(24)20-19-16(23)12-7-5-4-6-8-12/h4-9H,1-3H3,(H,19,23)(H,20,24). The third-order valence-corrected chi connectivity index (χ3v) is 3.67. The van der Waals surface area contributed by atoms with Crippen molar-refractivity contribution in [1.82, 2.24) is 25.6 Å². The summed E-state index contributed by atoms with van der Waals surface area (Å²) in [7, 11) is 1.78. The molecule has 0 aliphatic rings. The fourth-order valence-electron chi connectivity index (χ4n) is 2.59. The van der Waals surface area contributed by atoms with Gasteiger partial charge < -0.3 is 0 Å². The van der Waals surface area contributed by atoms with Crippen molar-refractivity contribution in [1.29, 1.82) is 0 Å². The second-order valence-electron chi connectivity index (χ2n) is 5.49. The Bertz CT molecular complexity index is 931. The van der Waals surface area contributed by atoms with Gasteiger partial charge in [0.1, 0.15) is 0 Å². The van der Waals surface area contributed by atoms with E-state index in [4.69, 9.17) is 0 Å². The maximum atomic E-state index is 12.5. The molecule has 2 N–H and O–H groups in total. The van der Waals surface area contributed by atoms with Crippen LogP contribution in [0, 0.1) is 13.8 Å². The lowest BCUT2D eigenvalue weighted by Gasteiger charge is -2.09. The quantitative estimate of drug-likeness (QED) is 0.702. The van der Waals surface area contributed by atoms with Crippen molar-refractivity contribution in [3.8, 4) is 0 Å². The Labute approximate surface area is 138 Å². The predicted octanol–water partition coefficient (Wildman–Crippen LogP) is 1.66. The van der Waals surface area contributed by atoms with E-state index in [-0.39, 0.29) is 5.91 Å². The molecule has 0 aliphatic heterocycles. The van der Waals surface area contributed by atoms with Crippen molar-refractivity contribution >= 4 is 22.8 Å². The van der Waals surface area contributed by atoms with Gasteiger partial charge in [-0.1, -0.05) is 18.2 Å². The number of aryl methyl sites for hydroxylation is 3. The molecule has 3 aromatic rings. The lowest BCUT2D eigenvalue weighted by molar-refractivity contribution is 0.0847. The highest BCUT2D eigenvalue weighted by Gasteiger charge is 2.18. The van der Waals surface area contributed by atoms with Crippen LogP contribution in [0.2, 0.25) is 0 Å². The summed E-state index contributed by atoms with van der Waals surface area (Å²) in [6.45, 7) is 3.62. The van der Waals surface area contributed by atoms with Gasteiger partial charge >= 0.3 is 0 Å². The molecule has 122 valence electrons. The highest BCUT2D eigenvalue weighted by atomic mass is 16.2. The summed E-state index contributed by atoms with van der Waals surface area (Å²) in [6.07, 6.45) is 0. The molecule has 24 heavy (non-hydrogen) atoms. The van der Waals surface area contributed by atoms with Crippen LogP contribution >= 0.6 is 0 Å². The van der Waals surface area contributed by atoms with Crippen LogP contribution in [0.25, 0.3) is 11.0 Å². The smallest absolute Gasteiger partial charge is 0.267 e. The first-order chi connectivity index (χ1) is 11.5. The van der Waals surface area contributed by atoms with Crippen LogP contribution in [-0.4, -0.2) is 26.6 Å². The lowest BCUT2D eigenvalue weighted by atomic mass is 10.1. The summed E-state index contributed by atoms with van der Waals surface area (Å²) in [5.41, 5.74) is 7.80. The lowest BCUT2D eigenvalue weighted by Crippen LogP contribution is -2.41. The summed E-state index contributed by atoms with van der Waals surface area (Å²) in [5.74, 6) is -0.792. The van der Waals surface area contributed by atoms with Crippen LogP contribution in [-0.2, 0) is 7.05 Å². The van der Waals surface area contributed by atoms with E-state index in [1.807, 2.05) is 13.0 Å². The molecule has 1 aromatic carbocycles. The molecule has 7 nitrogen and oxygen atoms in total. The number of pyridine rings is 1. The molecule has 0 spiro atoms. The summed E-state index contributed by atoms with van der Waals surface area (Å²) < 4.78 is 1.64. The van der Waals surface area contributed by atoms with E-state index < -0.39 is 5.91 Å². The Morgan fingerprint density at radius 3 is 2.42 bits per heavy atom. The van der Waals surface area contributed by atoms with Crippen molar-refractivity contribution in [3.63, 3.8) is 0 Å². The van der Waals surface area contributed by atoms with Gasteiger partial charge in [-0.3, -0.25) is 25.1 Å². The molecule has 2 heterocycles. The number of fused-ring (bicyclic) bond motifs is 1. The number of nitrogens with zero attached hydrogens (tertiary/aromatic N) is 3. The van der Waals surface area contributed by atoms with Crippen molar-refractivity contribution in [3.05, 3.63) is 58.9 Å². The van der Waals surface area contributed by atoms with E-state index in [2.05, 4.69) is 20.9 Å². The van der Waals surface area contributed by atoms with E-state index in [1.165, 1.54) is 0 Å². The number of nitrogens with one attached hydrogen (secondary N) is 2. The molecule has 0 aliphatic carbocycles. The molecule has 0 fully saturated rings. The fourth-order valence-corrected chi connectivity index (χ4v) is 2.59. The molecule has 3 rings (SSSR count). The average Bonchev–Trinajstić information content (AvgIpc) is 2.86. The van der Waals surface area contributed by atoms with E-state index in [1.54, 1.807) is 49.0 Å². The maximum Gasteiger partial charge on any atom is 0.270 e. The van der Waals surface area contributed by atoms with Gasteiger partial charge in [0.05, 0.1) is 16.6 Å². The number of rotatable bonds is 2. The molecule has 0 radical (unpaired) electrons. The Kier molecular flexibility index (Phi) is 3.99. The van der Waals surface area contributed by atoms with Crippen LogP contribution < -0.4 is 10.9 Å². The number of benzene rings is 1. The molecule has 7 heteroatoms. The second-order valence-corrected chi connectivity index (χ2v) is 5.49. The van der Waals surface area contributed by atoms with Gasteiger partial charge in [0.15, 0.2) is 5.65 Å². The summed E-state index contributed by atoms with van der Waals surface area (Å²) in [4.78, 5) is 29.0. The van der Waals surface area contributed by atoms with E-state index >= 15 is 0 Å². The molecular weight excluding hydrogens is 306 g/mol. The van der Waals surface area contributed by atoms with Gasteiger partial charge in [0, 0.05) is 18.3 Å². The normalized spacial score (nSPS) is 10.6. The highest BCUT2D eigenvalue weighted by Crippen LogP contribution is 2.21. The Morgan fingerprint density at radius 1 is 1.04 bits per heavy atom. The molecule has 0 saturated heterocycles. The van der Waals surface area contributed by atoms with Crippen LogP contribution in [0.4, 0.5) is 0 Å². The molecule has 0 unspecified atom stereocenters. The van der Waals surface area contributed by atoms with Gasteiger partial charge in [-0.05, 0) is 32.0 Å². The van der Waals surface area contributed by atoms with Crippen LogP contribution in [0.3, 0.4) is 0 Å². The topological polar surface area (TPSA) is 88.9 Å². The summed E-state index contributed by atoms with van der Waals surface area (Å²) in [6, 6.07) is 10.3. The average molecular weight is 323 g/mol. The first kappa shape index (κ1) is 15.7. The van der Waals surface area contributed by atoms with Crippen LogP contribution in [0.1, 0.15) is 32.1 Å². The zero-order valence-corrected chi connectivity index (χ0v) is 13.6. The number of amides is 2. The Balaban J connectivity index is 1.86. The van der Waals surface area contributed by atoms with Crippen molar-refractivity contribution in [2.75, 3.05) is 0 Å². The predicted molar refractivity (Wildman–Crippen MR) is 89.4 cm³/mol. The fraction of sp³-hybridized carbons (Fsp3) is 0.176. The molecule has 0 bridgehead atoms. The van der Waals surface area contributed by atoms with Gasteiger partial charge in [0.2, 0.25) is 0 Å². The largest absolute Gasteiger partial charge is 0.270 e. The van der Waals surface area contributed by atoms with Crippen LogP contribution in [0.15, 0.2) is 36.4 Å². The Morgan fingerprint density at radius 2 is 1.71 bits per heavy atom. The van der Waals surface area contributed by atoms with Gasteiger partial charge in [-0.25, -0.2) is 4.98 Å². The minimum atomic E-state index is -0.411. The Hall–Kier alpha value is -3.22. The van der Waals surface area contributed by atoms with Gasteiger partial charge in [0.25, 0.3) is 11.8 Å². The van der Waals surface area contributed by atoms with Crippen molar-refractivity contribution in [2.45, 2.75) is 13.8 Å². The van der Waals surface area contributed by atoms with Gasteiger partial charge in [-0.2, -0.15) is 5.10 Å². The van der Waals surface area contributed by atoms with Gasteiger partial charge in [-0.15, -0.1) is 0 Å². The minimum absolute atomic E-state index is 0.381. The monoisotopic (exact) mass is 323 g/mol. The molecule has 2 aromatic heterocycles. The third-order valence-electron chi connectivity index (χ3n) is 3.67. The number of hydrogen-bond acceptors (Lipinski definition) is 4. The minimum Gasteiger partial charge on any atom is -0.267 e. The van der Waals surface area contributed by atoms with Crippen molar-refractivity contribution in [2.24, 2.45) is 7.05 Å². The van der Waals surface area contributed by atoms with Crippen molar-refractivity contribution < 1.29 is 9.59 Å². The number of hydrogen-bond donors (Lipinski definition) is 2. The molecule has 2 amide bonds. The molecule has 0 saturated carbocycles. The maximum absolute atomic E-state index is 12.5. The first-order valence-electron chi connectivity index (χ1n) is 7.44. The zero-order valence-electron chi connectivity index (χ0n) is 13.6. The first-order valence-corrected chi connectivity index (χ1v) is 7.44. The third kappa shape index (κ3) is 2.83. The summed E-state index contributed by atoms with van der Waals surface area (Å²) >= 11 is 0. The zero-order chi connectivity index (χ0) is 17.3. The van der Waals surface area contributed by atoms with Crippen LogP contribution in [0.5, 0.6) is 0 Å². The second kappa shape index (κ2) is 6.11. The SMILES string of the molecule is Cc1cc(C(=O)NNC(=O)c2ccccc2)c2c(C)nn(C)c2n1.